The molecule has 1 aliphatic heterocycles. The smallest absolute Gasteiger partial charge is 0.0570 e. The van der Waals surface area contributed by atoms with Crippen LogP contribution in [-0.2, 0) is 6.42 Å². The number of benzene rings is 3. The van der Waals surface area contributed by atoms with Crippen molar-refractivity contribution in [2.45, 2.75) is 13.3 Å². The number of anilines is 2. The average molecular weight is 309 g/mol. The zero-order valence-corrected chi connectivity index (χ0v) is 13.8. The zero-order valence-electron chi connectivity index (χ0n) is 13.8. The highest BCUT2D eigenvalue weighted by Gasteiger charge is 2.21. The van der Waals surface area contributed by atoms with Crippen LogP contribution in [0.2, 0.25) is 0 Å². The third kappa shape index (κ3) is 2.79. The van der Waals surface area contributed by atoms with Gasteiger partial charge in [0.15, 0.2) is 0 Å². The zero-order chi connectivity index (χ0) is 16.4. The Balaban J connectivity index is 1.73. The van der Waals surface area contributed by atoms with Crippen molar-refractivity contribution in [2.75, 3.05) is 11.4 Å². The van der Waals surface area contributed by atoms with Crippen LogP contribution >= 0.6 is 0 Å². The number of aryl methyl sites for hydroxylation is 1. The predicted molar refractivity (Wildman–Crippen MR) is 101 cm³/mol. The standard InChI is InChI=1S/C23H19N/c1-18-7-6-8-19(17-18)13-14-20-9-2-4-11-22(20)24-16-15-21-10-3-5-12-23(21)24/h2-12,17H,15-16H2,1H3. The molecule has 1 nitrogen and oxygen atoms in total. The molecule has 3 aromatic rings. The highest BCUT2D eigenvalue weighted by Crippen LogP contribution is 2.35. The second-order valence-corrected chi connectivity index (χ2v) is 6.17. The van der Waals surface area contributed by atoms with Crippen LogP contribution in [-0.4, -0.2) is 6.54 Å². The number of fused-ring (bicyclic) bond motifs is 1. The van der Waals surface area contributed by atoms with Gasteiger partial charge >= 0.3 is 0 Å². The van der Waals surface area contributed by atoms with Crippen molar-refractivity contribution in [1.82, 2.24) is 0 Å². The Morgan fingerprint density at radius 2 is 1.58 bits per heavy atom. The van der Waals surface area contributed by atoms with Crippen molar-refractivity contribution >= 4 is 11.4 Å². The van der Waals surface area contributed by atoms with Gasteiger partial charge in [-0.2, -0.15) is 0 Å². The molecule has 0 unspecified atom stereocenters. The molecule has 0 aromatic heterocycles. The van der Waals surface area contributed by atoms with Gasteiger partial charge in [-0.3, -0.25) is 0 Å². The summed E-state index contributed by atoms with van der Waals surface area (Å²) in [7, 11) is 0. The van der Waals surface area contributed by atoms with E-state index in [9.17, 15) is 0 Å². The Kier molecular flexibility index (Phi) is 3.81. The molecule has 1 heteroatoms. The Morgan fingerprint density at radius 1 is 0.792 bits per heavy atom. The lowest BCUT2D eigenvalue weighted by atomic mass is 10.1. The van der Waals surface area contributed by atoms with E-state index < -0.39 is 0 Å². The molecule has 0 bridgehead atoms. The molecule has 0 radical (unpaired) electrons. The van der Waals surface area contributed by atoms with E-state index in [0.717, 1.165) is 24.1 Å². The summed E-state index contributed by atoms with van der Waals surface area (Å²) in [5.74, 6) is 6.69. The molecule has 1 heterocycles. The summed E-state index contributed by atoms with van der Waals surface area (Å²) in [5.41, 5.74) is 7.30. The van der Waals surface area contributed by atoms with E-state index in [1.165, 1.54) is 22.5 Å². The molecule has 0 N–H and O–H groups in total. The quantitative estimate of drug-likeness (QED) is 0.566. The van der Waals surface area contributed by atoms with E-state index in [1.54, 1.807) is 0 Å². The molecule has 24 heavy (non-hydrogen) atoms. The maximum atomic E-state index is 3.37. The second-order valence-electron chi connectivity index (χ2n) is 6.17. The minimum atomic E-state index is 1.02. The fraction of sp³-hybridized carbons (Fsp3) is 0.130. The van der Waals surface area contributed by atoms with E-state index in [-0.39, 0.29) is 0 Å². The first-order chi connectivity index (χ1) is 11.8. The van der Waals surface area contributed by atoms with E-state index in [4.69, 9.17) is 0 Å². The molecule has 0 aliphatic carbocycles. The largest absolute Gasteiger partial charge is 0.340 e. The molecule has 0 saturated carbocycles. The minimum absolute atomic E-state index is 1.02. The Hall–Kier alpha value is -2.98. The SMILES string of the molecule is Cc1cccc(C#Cc2ccccc2N2CCc3ccccc32)c1. The summed E-state index contributed by atoms with van der Waals surface area (Å²) in [6.07, 6.45) is 1.09. The molecule has 0 fully saturated rings. The van der Waals surface area contributed by atoms with Gasteiger partial charge in [-0.1, -0.05) is 54.3 Å². The van der Waals surface area contributed by atoms with Gasteiger partial charge in [-0.05, 0) is 54.8 Å². The van der Waals surface area contributed by atoms with Gasteiger partial charge < -0.3 is 4.90 Å². The number of rotatable bonds is 1. The summed E-state index contributed by atoms with van der Waals surface area (Å²) in [4.78, 5) is 2.38. The van der Waals surface area contributed by atoms with Crippen LogP contribution in [0, 0.1) is 18.8 Å². The van der Waals surface area contributed by atoms with Gasteiger partial charge in [0.25, 0.3) is 0 Å². The lowest BCUT2D eigenvalue weighted by molar-refractivity contribution is 0.997. The highest BCUT2D eigenvalue weighted by atomic mass is 15.2. The molecule has 0 spiro atoms. The summed E-state index contributed by atoms with van der Waals surface area (Å²) >= 11 is 0. The van der Waals surface area contributed by atoms with Gasteiger partial charge in [0.2, 0.25) is 0 Å². The first-order valence-corrected chi connectivity index (χ1v) is 8.34. The van der Waals surface area contributed by atoms with Crippen LogP contribution in [0.5, 0.6) is 0 Å². The molecule has 1 aliphatic rings. The maximum Gasteiger partial charge on any atom is 0.0570 e. The van der Waals surface area contributed by atoms with Gasteiger partial charge in [-0.15, -0.1) is 0 Å². The second kappa shape index (κ2) is 6.26. The Labute approximate surface area is 143 Å². The summed E-state index contributed by atoms with van der Waals surface area (Å²) in [6, 6.07) is 25.4. The van der Waals surface area contributed by atoms with E-state index in [1.807, 2.05) is 0 Å². The van der Waals surface area contributed by atoms with Crippen LogP contribution < -0.4 is 4.90 Å². The lowest BCUT2D eigenvalue weighted by Crippen LogP contribution is -2.14. The van der Waals surface area contributed by atoms with E-state index in [0.29, 0.717) is 0 Å². The highest BCUT2D eigenvalue weighted by molar-refractivity contribution is 5.74. The summed E-state index contributed by atoms with van der Waals surface area (Å²) in [6.45, 7) is 3.11. The fourth-order valence-electron chi connectivity index (χ4n) is 3.27. The fourth-order valence-corrected chi connectivity index (χ4v) is 3.27. The number of para-hydroxylation sites is 2. The van der Waals surface area contributed by atoms with Crippen LogP contribution in [0.1, 0.15) is 22.3 Å². The Bertz CT molecular complexity index is 943. The number of nitrogens with zero attached hydrogens (tertiary/aromatic N) is 1. The van der Waals surface area contributed by atoms with Crippen LogP contribution in [0.25, 0.3) is 0 Å². The first kappa shape index (κ1) is 14.6. The van der Waals surface area contributed by atoms with Crippen molar-refractivity contribution in [3.8, 4) is 11.8 Å². The molecule has 0 atom stereocenters. The Morgan fingerprint density at radius 3 is 2.46 bits per heavy atom. The third-order valence-electron chi connectivity index (χ3n) is 4.44. The molecular weight excluding hydrogens is 290 g/mol. The first-order valence-electron chi connectivity index (χ1n) is 8.34. The van der Waals surface area contributed by atoms with Gasteiger partial charge in [0.1, 0.15) is 0 Å². The van der Waals surface area contributed by atoms with Crippen molar-refractivity contribution < 1.29 is 0 Å². The normalized spacial score (nSPS) is 12.5. The number of hydrogen-bond donors (Lipinski definition) is 0. The van der Waals surface area contributed by atoms with Crippen molar-refractivity contribution in [3.05, 3.63) is 95.1 Å². The maximum absolute atomic E-state index is 3.37. The average Bonchev–Trinajstić information content (AvgIpc) is 3.04. The molecule has 116 valence electrons. The van der Waals surface area contributed by atoms with Crippen molar-refractivity contribution in [3.63, 3.8) is 0 Å². The van der Waals surface area contributed by atoms with Crippen molar-refractivity contribution in [1.29, 1.82) is 0 Å². The van der Waals surface area contributed by atoms with Crippen LogP contribution in [0.3, 0.4) is 0 Å². The summed E-state index contributed by atoms with van der Waals surface area (Å²) in [5, 5.41) is 0. The van der Waals surface area contributed by atoms with Gasteiger partial charge in [0.05, 0.1) is 5.69 Å². The monoisotopic (exact) mass is 309 g/mol. The number of hydrogen-bond acceptors (Lipinski definition) is 1. The predicted octanol–water partition coefficient (Wildman–Crippen LogP) is 5.09. The van der Waals surface area contributed by atoms with Crippen molar-refractivity contribution in [2.24, 2.45) is 0 Å². The topological polar surface area (TPSA) is 3.24 Å². The van der Waals surface area contributed by atoms with Gasteiger partial charge in [-0.25, -0.2) is 0 Å². The molecular formula is C23H19N. The molecule has 4 rings (SSSR count). The minimum Gasteiger partial charge on any atom is -0.340 e. The van der Waals surface area contributed by atoms with Crippen LogP contribution in [0.15, 0.2) is 72.8 Å². The molecule has 0 saturated heterocycles. The van der Waals surface area contributed by atoms with E-state index in [2.05, 4.69) is 96.5 Å². The third-order valence-corrected chi connectivity index (χ3v) is 4.44. The van der Waals surface area contributed by atoms with E-state index >= 15 is 0 Å². The van der Waals surface area contributed by atoms with Crippen LogP contribution in [0.4, 0.5) is 11.4 Å². The summed E-state index contributed by atoms with van der Waals surface area (Å²) < 4.78 is 0. The molecule has 3 aromatic carbocycles. The van der Waals surface area contributed by atoms with Gasteiger partial charge in [0, 0.05) is 23.4 Å². The lowest BCUT2D eigenvalue weighted by Gasteiger charge is -2.21. The molecule has 0 amide bonds.